The third-order valence-corrected chi connectivity index (χ3v) is 4.16. The minimum absolute atomic E-state index is 0.0234. The Morgan fingerprint density at radius 2 is 1.78 bits per heavy atom. The Hall–Kier alpha value is -2.33. The maximum atomic E-state index is 12.2. The molecule has 2 amide bonds. The molecule has 0 bridgehead atoms. The lowest BCUT2D eigenvalue weighted by Gasteiger charge is -2.17. The summed E-state index contributed by atoms with van der Waals surface area (Å²) >= 11 is 5.82. The zero-order valence-corrected chi connectivity index (χ0v) is 13.5. The van der Waals surface area contributed by atoms with Crippen LogP contribution in [-0.4, -0.2) is 24.4 Å². The van der Waals surface area contributed by atoms with Crippen molar-refractivity contribution in [3.8, 4) is 0 Å². The molecule has 1 atom stereocenters. The van der Waals surface area contributed by atoms with Crippen LogP contribution >= 0.6 is 11.6 Å². The summed E-state index contributed by atoms with van der Waals surface area (Å²) in [6.45, 7) is 2.49. The van der Waals surface area contributed by atoms with Gasteiger partial charge in [-0.1, -0.05) is 29.3 Å². The minimum atomic E-state index is -0.190. The number of carbonyl (C=O) groups excluding carboxylic acids is 2. The largest absolute Gasteiger partial charge is 0.347 e. The first-order chi connectivity index (χ1) is 11.0. The van der Waals surface area contributed by atoms with Gasteiger partial charge in [0.05, 0.1) is 6.04 Å². The monoisotopic (exact) mass is 328 g/mol. The second-order valence-corrected chi connectivity index (χ2v) is 6.16. The minimum Gasteiger partial charge on any atom is -0.347 e. The Bertz CT molecular complexity index is 726. The molecule has 1 N–H and O–H groups in total. The van der Waals surface area contributed by atoms with E-state index in [1.54, 1.807) is 29.2 Å². The molecular formula is C18H17ClN2O2. The van der Waals surface area contributed by atoms with E-state index in [4.69, 9.17) is 11.6 Å². The van der Waals surface area contributed by atoms with Crippen molar-refractivity contribution in [3.63, 3.8) is 0 Å². The first-order valence-corrected chi connectivity index (χ1v) is 7.84. The van der Waals surface area contributed by atoms with Crippen LogP contribution in [0.15, 0.2) is 48.5 Å². The molecule has 23 heavy (non-hydrogen) atoms. The van der Waals surface area contributed by atoms with E-state index in [0.29, 0.717) is 23.6 Å². The summed E-state index contributed by atoms with van der Waals surface area (Å²) in [6.07, 6.45) is 0.313. The molecule has 2 aromatic carbocycles. The third kappa shape index (κ3) is 3.54. The van der Waals surface area contributed by atoms with E-state index < -0.39 is 0 Å². The van der Waals surface area contributed by atoms with Crippen LogP contribution in [0, 0.1) is 6.92 Å². The van der Waals surface area contributed by atoms with E-state index >= 15 is 0 Å². The number of nitrogens with one attached hydrogen (secondary N) is 1. The highest BCUT2D eigenvalue weighted by molar-refractivity contribution is 6.30. The van der Waals surface area contributed by atoms with Gasteiger partial charge in [0.25, 0.3) is 5.91 Å². The summed E-state index contributed by atoms with van der Waals surface area (Å²) in [4.78, 5) is 26.1. The molecule has 0 radical (unpaired) electrons. The molecule has 1 fully saturated rings. The van der Waals surface area contributed by atoms with Crippen molar-refractivity contribution in [1.29, 1.82) is 0 Å². The number of aryl methyl sites for hydroxylation is 1. The van der Waals surface area contributed by atoms with Gasteiger partial charge >= 0.3 is 0 Å². The maximum absolute atomic E-state index is 12.2. The normalized spacial score (nSPS) is 17.4. The van der Waals surface area contributed by atoms with Crippen molar-refractivity contribution in [1.82, 2.24) is 5.32 Å². The highest BCUT2D eigenvalue weighted by Crippen LogP contribution is 2.22. The Morgan fingerprint density at radius 1 is 1.13 bits per heavy atom. The van der Waals surface area contributed by atoms with Crippen molar-refractivity contribution >= 4 is 29.1 Å². The number of nitrogens with zero attached hydrogens (tertiary/aromatic N) is 1. The van der Waals surface area contributed by atoms with Gasteiger partial charge in [-0.3, -0.25) is 9.59 Å². The molecule has 5 heteroatoms. The topological polar surface area (TPSA) is 49.4 Å². The molecule has 1 unspecified atom stereocenters. The highest BCUT2D eigenvalue weighted by Gasteiger charge is 2.31. The van der Waals surface area contributed by atoms with Gasteiger partial charge in [0, 0.05) is 29.2 Å². The lowest BCUT2D eigenvalue weighted by Crippen LogP contribution is -2.37. The van der Waals surface area contributed by atoms with Crippen molar-refractivity contribution in [2.24, 2.45) is 0 Å². The second kappa shape index (κ2) is 6.42. The van der Waals surface area contributed by atoms with E-state index in [1.165, 1.54) is 0 Å². The number of hydrogen-bond acceptors (Lipinski definition) is 2. The van der Waals surface area contributed by atoms with Crippen LogP contribution in [0.3, 0.4) is 0 Å². The van der Waals surface area contributed by atoms with Crippen LogP contribution in [0.2, 0.25) is 5.02 Å². The van der Waals surface area contributed by atoms with E-state index in [-0.39, 0.29) is 17.9 Å². The Morgan fingerprint density at radius 3 is 2.43 bits per heavy atom. The smallest absolute Gasteiger partial charge is 0.251 e. The summed E-state index contributed by atoms with van der Waals surface area (Å²) in [5, 5.41) is 3.50. The number of carbonyl (C=O) groups is 2. The van der Waals surface area contributed by atoms with Gasteiger partial charge in [-0.15, -0.1) is 0 Å². The quantitative estimate of drug-likeness (QED) is 0.940. The summed E-state index contributed by atoms with van der Waals surface area (Å²) in [6, 6.07) is 14.3. The van der Waals surface area contributed by atoms with Gasteiger partial charge in [0.2, 0.25) is 5.91 Å². The molecule has 1 aliphatic heterocycles. The summed E-state index contributed by atoms with van der Waals surface area (Å²) in [5.74, 6) is -0.166. The Balaban J connectivity index is 1.66. The first-order valence-electron chi connectivity index (χ1n) is 7.46. The van der Waals surface area contributed by atoms with Crippen LogP contribution < -0.4 is 10.2 Å². The number of hydrogen-bond donors (Lipinski definition) is 1. The highest BCUT2D eigenvalue weighted by atomic mass is 35.5. The molecule has 0 aromatic heterocycles. The average molecular weight is 329 g/mol. The van der Waals surface area contributed by atoms with Crippen LogP contribution in [0.4, 0.5) is 5.69 Å². The fourth-order valence-electron chi connectivity index (χ4n) is 2.65. The molecule has 0 spiro atoms. The lowest BCUT2D eigenvalue weighted by atomic mass is 10.2. The number of anilines is 1. The van der Waals surface area contributed by atoms with Gasteiger partial charge in [-0.2, -0.15) is 0 Å². The number of benzene rings is 2. The van der Waals surface area contributed by atoms with Gasteiger partial charge in [-0.05, 0) is 43.3 Å². The molecular weight excluding hydrogens is 312 g/mol. The van der Waals surface area contributed by atoms with Gasteiger partial charge in [-0.25, -0.2) is 0 Å². The van der Waals surface area contributed by atoms with Crippen molar-refractivity contribution in [2.75, 3.05) is 11.4 Å². The average Bonchev–Trinajstić information content (AvgIpc) is 2.89. The molecule has 118 valence electrons. The predicted octanol–water partition coefficient (Wildman–Crippen LogP) is 3.18. The van der Waals surface area contributed by atoms with Gasteiger partial charge in [0.15, 0.2) is 0 Å². The molecule has 1 saturated heterocycles. The second-order valence-electron chi connectivity index (χ2n) is 5.72. The predicted molar refractivity (Wildman–Crippen MR) is 90.9 cm³/mol. The lowest BCUT2D eigenvalue weighted by molar-refractivity contribution is -0.117. The molecule has 2 aromatic rings. The maximum Gasteiger partial charge on any atom is 0.251 e. The van der Waals surface area contributed by atoms with Gasteiger partial charge in [0.1, 0.15) is 0 Å². The number of rotatable bonds is 3. The number of halogens is 1. The van der Waals surface area contributed by atoms with Crippen LogP contribution in [0.5, 0.6) is 0 Å². The standard InChI is InChI=1S/C18H17ClN2O2/c1-12-2-8-16(9-3-12)21-11-15(10-17(21)22)20-18(23)13-4-6-14(19)7-5-13/h2-9,15H,10-11H2,1H3,(H,20,23). The fraction of sp³-hybridized carbons (Fsp3) is 0.222. The van der Waals surface area contributed by atoms with Crippen LogP contribution in [0.25, 0.3) is 0 Å². The Kier molecular flexibility index (Phi) is 4.35. The zero-order valence-electron chi connectivity index (χ0n) is 12.8. The van der Waals surface area contributed by atoms with Crippen molar-refractivity contribution in [3.05, 3.63) is 64.7 Å². The molecule has 0 aliphatic carbocycles. The molecule has 4 nitrogen and oxygen atoms in total. The third-order valence-electron chi connectivity index (χ3n) is 3.91. The van der Waals surface area contributed by atoms with Crippen molar-refractivity contribution < 1.29 is 9.59 Å². The van der Waals surface area contributed by atoms with Gasteiger partial charge < -0.3 is 10.2 Å². The van der Waals surface area contributed by atoms with Crippen molar-refractivity contribution in [2.45, 2.75) is 19.4 Å². The molecule has 1 heterocycles. The SMILES string of the molecule is Cc1ccc(N2CC(NC(=O)c3ccc(Cl)cc3)CC2=O)cc1. The molecule has 1 aliphatic rings. The van der Waals surface area contributed by atoms with Crippen LogP contribution in [0.1, 0.15) is 22.3 Å². The Labute approximate surface area is 140 Å². The molecule has 0 saturated carbocycles. The zero-order chi connectivity index (χ0) is 16.4. The summed E-state index contributed by atoms with van der Waals surface area (Å²) in [5.41, 5.74) is 2.55. The first kappa shape index (κ1) is 15.6. The van der Waals surface area contributed by atoms with Crippen LogP contribution in [-0.2, 0) is 4.79 Å². The summed E-state index contributed by atoms with van der Waals surface area (Å²) in [7, 11) is 0. The number of amides is 2. The molecule has 3 rings (SSSR count). The van der Waals surface area contributed by atoms with E-state index in [2.05, 4.69) is 5.32 Å². The van der Waals surface area contributed by atoms with E-state index in [0.717, 1.165) is 11.3 Å². The van der Waals surface area contributed by atoms with E-state index in [9.17, 15) is 9.59 Å². The van der Waals surface area contributed by atoms with E-state index in [1.807, 2.05) is 31.2 Å². The summed E-state index contributed by atoms with van der Waals surface area (Å²) < 4.78 is 0. The fourth-order valence-corrected chi connectivity index (χ4v) is 2.77.